The summed E-state index contributed by atoms with van der Waals surface area (Å²) in [4.78, 5) is 24.4. The van der Waals surface area contributed by atoms with Crippen molar-refractivity contribution in [2.75, 3.05) is 14.2 Å². The molecule has 5 nitrogen and oxygen atoms in total. The average Bonchev–Trinajstić information content (AvgIpc) is 2.66. The molecule has 0 saturated carbocycles. The molecule has 5 heteroatoms. The topological polar surface area (TPSA) is 66.8 Å². The summed E-state index contributed by atoms with van der Waals surface area (Å²) < 4.78 is 5.12. The zero-order chi connectivity index (χ0) is 13.3. The molecule has 0 radical (unpaired) electrons. The number of aliphatic carboxylic acids is 1. The van der Waals surface area contributed by atoms with Crippen LogP contribution < -0.4 is 4.74 Å². The molecule has 2 atom stereocenters. The smallest absolute Gasteiger partial charge is 0.309 e. The molecule has 1 fully saturated rings. The maximum atomic E-state index is 11.7. The van der Waals surface area contributed by atoms with Crippen LogP contribution in [0.5, 0.6) is 5.75 Å². The molecule has 1 aliphatic rings. The number of carbonyl (C=O) groups excluding carboxylic acids is 1. The SMILES string of the molecule is COc1cccc([C@@H]2[C@H](C(=O)O)CC(=O)N2C)c1. The summed E-state index contributed by atoms with van der Waals surface area (Å²) in [6.07, 6.45) is 0.0493. The second-order valence-electron chi connectivity index (χ2n) is 4.37. The van der Waals surface area contributed by atoms with Gasteiger partial charge in [-0.1, -0.05) is 12.1 Å². The summed E-state index contributed by atoms with van der Waals surface area (Å²) in [7, 11) is 3.19. The summed E-state index contributed by atoms with van der Waals surface area (Å²) in [6, 6.07) is 6.75. The van der Waals surface area contributed by atoms with Gasteiger partial charge in [-0.25, -0.2) is 0 Å². The zero-order valence-corrected chi connectivity index (χ0v) is 10.3. The average molecular weight is 249 g/mol. The van der Waals surface area contributed by atoms with E-state index in [4.69, 9.17) is 4.74 Å². The molecule has 2 rings (SSSR count). The molecule has 1 aromatic carbocycles. The fourth-order valence-corrected chi connectivity index (χ4v) is 2.37. The van der Waals surface area contributed by atoms with Crippen molar-refractivity contribution in [2.45, 2.75) is 12.5 Å². The quantitative estimate of drug-likeness (QED) is 0.876. The number of hydrogen-bond donors (Lipinski definition) is 1. The van der Waals surface area contributed by atoms with Gasteiger partial charge >= 0.3 is 5.97 Å². The standard InChI is InChI=1S/C13H15NO4/c1-14-11(15)7-10(13(16)17)12(14)8-4-3-5-9(6-8)18-2/h3-6,10,12H,7H2,1-2H3,(H,16,17)/t10-,12-/m1/s1. The molecule has 1 heterocycles. The number of nitrogens with zero attached hydrogens (tertiary/aromatic N) is 1. The van der Waals surface area contributed by atoms with Crippen LogP contribution in [0.1, 0.15) is 18.0 Å². The first-order valence-electron chi connectivity index (χ1n) is 5.67. The highest BCUT2D eigenvalue weighted by Crippen LogP contribution is 2.37. The van der Waals surface area contributed by atoms with Crippen LogP contribution in [-0.2, 0) is 9.59 Å². The fraction of sp³-hybridized carbons (Fsp3) is 0.385. The van der Waals surface area contributed by atoms with Crippen LogP contribution in [0.3, 0.4) is 0 Å². The first kappa shape index (κ1) is 12.4. The Morgan fingerprint density at radius 2 is 2.22 bits per heavy atom. The van der Waals surface area contributed by atoms with Gasteiger partial charge in [0.15, 0.2) is 0 Å². The monoisotopic (exact) mass is 249 g/mol. The second-order valence-corrected chi connectivity index (χ2v) is 4.37. The van der Waals surface area contributed by atoms with Gasteiger partial charge in [0.25, 0.3) is 0 Å². The van der Waals surface area contributed by atoms with Crippen molar-refractivity contribution in [2.24, 2.45) is 5.92 Å². The summed E-state index contributed by atoms with van der Waals surface area (Å²) in [5, 5.41) is 9.20. The number of benzene rings is 1. The Labute approximate surface area is 105 Å². The van der Waals surface area contributed by atoms with E-state index in [1.165, 1.54) is 4.90 Å². The number of carbonyl (C=O) groups is 2. The minimum Gasteiger partial charge on any atom is -0.497 e. The second kappa shape index (κ2) is 4.68. The van der Waals surface area contributed by atoms with E-state index in [0.717, 1.165) is 5.56 Å². The lowest BCUT2D eigenvalue weighted by Gasteiger charge is -2.23. The van der Waals surface area contributed by atoms with Crippen LogP contribution in [0.4, 0.5) is 0 Å². The van der Waals surface area contributed by atoms with Crippen LogP contribution in [0.2, 0.25) is 0 Å². The van der Waals surface area contributed by atoms with Crippen molar-refractivity contribution >= 4 is 11.9 Å². The number of likely N-dealkylation sites (tertiary alicyclic amines) is 1. The van der Waals surface area contributed by atoms with Crippen molar-refractivity contribution in [3.05, 3.63) is 29.8 Å². The van der Waals surface area contributed by atoms with E-state index in [0.29, 0.717) is 5.75 Å². The molecule has 0 unspecified atom stereocenters. The Balaban J connectivity index is 2.39. The molecular weight excluding hydrogens is 234 g/mol. The fourth-order valence-electron chi connectivity index (χ4n) is 2.37. The van der Waals surface area contributed by atoms with Crippen molar-refractivity contribution in [1.82, 2.24) is 4.90 Å². The third-order valence-corrected chi connectivity index (χ3v) is 3.34. The normalized spacial score (nSPS) is 23.2. The Morgan fingerprint density at radius 3 is 2.83 bits per heavy atom. The third-order valence-electron chi connectivity index (χ3n) is 3.34. The highest BCUT2D eigenvalue weighted by molar-refractivity contribution is 5.87. The van der Waals surface area contributed by atoms with Crippen molar-refractivity contribution in [3.63, 3.8) is 0 Å². The molecule has 1 aromatic rings. The maximum Gasteiger partial charge on any atom is 0.309 e. The predicted molar refractivity (Wildman–Crippen MR) is 64.2 cm³/mol. The summed E-state index contributed by atoms with van der Waals surface area (Å²) in [5.41, 5.74) is 0.787. The van der Waals surface area contributed by atoms with Gasteiger partial charge in [-0.2, -0.15) is 0 Å². The molecule has 1 aliphatic heterocycles. The molecular formula is C13H15NO4. The number of amides is 1. The van der Waals surface area contributed by atoms with E-state index >= 15 is 0 Å². The van der Waals surface area contributed by atoms with E-state index in [1.807, 2.05) is 6.07 Å². The van der Waals surface area contributed by atoms with Gasteiger partial charge in [0.05, 0.1) is 19.1 Å². The van der Waals surface area contributed by atoms with Gasteiger partial charge in [-0.3, -0.25) is 9.59 Å². The molecule has 1 amide bonds. The van der Waals surface area contributed by atoms with Gasteiger partial charge in [0.2, 0.25) is 5.91 Å². The number of carboxylic acids is 1. The minimum atomic E-state index is -0.944. The maximum absolute atomic E-state index is 11.7. The highest BCUT2D eigenvalue weighted by atomic mass is 16.5. The number of ether oxygens (including phenoxy) is 1. The minimum absolute atomic E-state index is 0.0493. The summed E-state index contributed by atoms with van der Waals surface area (Å²) in [5.74, 6) is -1.13. The van der Waals surface area contributed by atoms with Gasteiger partial charge < -0.3 is 14.7 Å². The molecule has 96 valence electrons. The van der Waals surface area contributed by atoms with E-state index in [9.17, 15) is 14.7 Å². The lowest BCUT2D eigenvalue weighted by Crippen LogP contribution is -2.26. The molecule has 18 heavy (non-hydrogen) atoms. The lowest BCUT2D eigenvalue weighted by molar-refractivity contribution is -0.142. The van der Waals surface area contributed by atoms with Crippen molar-refractivity contribution in [3.8, 4) is 5.75 Å². The van der Waals surface area contributed by atoms with Crippen molar-refractivity contribution < 1.29 is 19.4 Å². The van der Waals surface area contributed by atoms with Gasteiger partial charge in [0, 0.05) is 13.5 Å². The first-order valence-corrected chi connectivity index (χ1v) is 5.67. The Kier molecular flexibility index (Phi) is 3.23. The van der Waals surface area contributed by atoms with Crippen LogP contribution in [0.25, 0.3) is 0 Å². The van der Waals surface area contributed by atoms with E-state index in [1.54, 1.807) is 32.4 Å². The van der Waals surface area contributed by atoms with Crippen LogP contribution in [0.15, 0.2) is 24.3 Å². The van der Waals surface area contributed by atoms with Crippen LogP contribution >= 0.6 is 0 Å². The molecule has 0 aromatic heterocycles. The molecule has 0 bridgehead atoms. The van der Waals surface area contributed by atoms with Crippen LogP contribution in [0, 0.1) is 5.92 Å². The van der Waals surface area contributed by atoms with Gasteiger partial charge in [-0.05, 0) is 17.7 Å². The number of hydrogen-bond acceptors (Lipinski definition) is 3. The summed E-state index contributed by atoms with van der Waals surface area (Å²) >= 11 is 0. The number of methoxy groups -OCH3 is 1. The Morgan fingerprint density at radius 1 is 1.50 bits per heavy atom. The molecule has 0 spiro atoms. The van der Waals surface area contributed by atoms with E-state index in [2.05, 4.69) is 0 Å². The number of carboxylic acid groups (broad SMARTS) is 1. The Hall–Kier alpha value is -2.04. The zero-order valence-electron chi connectivity index (χ0n) is 10.3. The third kappa shape index (κ3) is 2.03. The predicted octanol–water partition coefficient (Wildman–Crippen LogP) is 1.30. The molecule has 1 N–H and O–H groups in total. The molecule has 0 aliphatic carbocycles. The van der Waals surface area contributed by atoms with Gasteiger partial charge in [-0.15, -0.1) is 0 Å². The number of rotatable bonds is 3. The largest absolute Gasteiger partial charge is 0.497 e. The van der Waals surface area contributed by atoms with Crippen molar-refractivity contribution in [1.29, 1.82) is 0 Å². The molecule has 1 saturated heterocycles. The Bertz CT molecular complexity index is 486. The van der Waals surface area contributed by atoms with E-state index < -0.39 is 17.9 Å². The first-order chi connectivity index (χ1) is 8.54. The highest BCUT2D eigenvalue weighted by Gasteiger charge is 2.42. The van der Waals surface area contributed by atoms with Crippen LogP contribution in [-0.4, -0.2) is 36.0 Å². The lowest BCUT2D eigenvalue weighted by atomic mass is 9.94. The van der Waals surface area contributed by atoms with E-state index in [-0.39, 0.29) is 12.3 Å². The van der Waals surface area contributed by atoms with Gasteiger partial charge in [0.1, 0.15) is 5.75 Å². The summed E-state index contributed by atoms with van der Waals surface area (Å²) in [6.45, 7) is 0.